The van der Waals surface area contributed by atoms with E-state index < -0.39 is 24.4 Å². The quantitative estimate of drug-likeness (QED) is 0.636. The molecule has 0 aromatic heterocycles. The van der Waals surface area contributed by atoms with Crippen molar-refractivity contribution < 1.29 is 32.3 Å². The number of morpholine rings is 1. The molecule has 2 aromatic rings. The van der Waals surface area contributed by atoms with E-state index >= 15 is 0 Å². The van der Waals surface area contributed by atoms with Gasteiger partial charge in [-0.1, -0.05) is 41.9 Å². The molecule has 3 amide bonds. The molecule has 11 heteroatoms. The van der Waals surface area contributed by atoms with Crippen molar-refractivity contribution >= 4 is 35.0 Å². The van der Waals surface area contributed by atoms with Crippen molar-refractivity contribution in [3.8, 4) is 0 Å². The molecule has 1 aliphatic rings. The number of carbonyl (C=O) groups excluding carboxylic acids is 3. The number of carbonyl (C=O) groups is 3. The summed E-state index contributed by atoms with van der Waals surface area (Å²) in [5.74, 6) is -2.93. The van der Waals surface area contributed by atoms with Crippen molar-refractivity contribution in [1.82, 2.24) is 10.2 Å². The van der Waals surface area contributed by atoms with E-state index in [9.17, 15) is 27.6 Å². The minimum Gasteiger partial charge on any atom is -0.378 e. The summed E-state index contributed by atoms with van der Waals surface area (Å²) < 4.78 is 42.2. The Morgan fingerprint density at radius 3 is 2.33 bits per heavy atom. The maximum atomic E-state index is 13.2. The van der Waals surface area contributed by atoms with Gasteiger partial charge in [-0.2, -0.15) is 13.2 Å². The maximum Gasteiger partial charge on any atom is 0.471 e. The number of halogens is 4. The van der Waals surface area contributed by atoms with Crippen LogP contribution < -0.4 is 10.2 Å². The Bertz CT molecular complexity index is 1010. The number of hydrogen-bond donors (Lipinski definition) is 1. The first-order valence-corrected chi connectivity index (χ1v) is 10.4. The number of para-hydroxylation sites is 1. The smallest absolute Gasteiger partial charge is 0.378 e. The lowest BCUT2D eigenvalue weighted by Gasteiger charge is -2.33. The average molecular weight is 484 g/mol. The van der Waals surface area contributed by atoms with Crippen molar-refractivity contribution in [3.05, 3.63) is 64.7 Å². The topological polar surface area (TPSA) is 79.0 Å². The Labute approximate surface area is 193 Å². The van der Waals surface area contributed by atoms with E-state index in [1.54, 1.807) is 34.1 Å². The number of urea groups is 1. The molecule has 1 aliphatic heterocycles. The van der Waals surface area contributed by atoms with Crippen LogP contribution >= 0.6 is 11.6 Å². The molecule has 7 nitrogen and oxygen atoms in total. The molecule has 176 valence electrons. The van der Waals surface area contributed by atoms with Gasteiger partial charge in [0.25, 0.3) is 0 Å². The van der Waals surface area contributed by atoms with Gasteiger partial charge in [0.05, 0.1) is 26.3 Å². The van der Waals surface area contributed by atoms with Gasteiger partial charge in [0, 0.05) is 29.4 Å². The highest BCUT2D eigenvalue weighted by Crippen LogP contribution is 2.25. The molecule has 0 radical (unpaired) electrons. The molecule has 3 rings (SSSR count). The molecule has 0 saturated carbocycles. The van der Waals surface area contributed by atoms with Gasteiger partial charge < -0.3 is 15.0 Å². The highest BCUT2D eigenvalue weighted by Gasteiger charge is 2.38. The van der Waals surface area contributed by atoms with Crippen LogP contribution in [0, 0.1) is 0 Å². The molecule has 0 bridgehead atoms. The van der Waals surface area contributed by atoms with Gasteiger partial charge in [0.15, 0.2) is 5.78 Å². The first-order valence-electron chi connectivity index (χ1n) is 10.0. The normalized spacial score (nSPS) is 14.0. The Hall–Kier alpha value is -3.11. The fourth-order valence-corrected chi connectivity index (χ4v) is 3.43. The van der Waals surface area contributed by atoms with Crippen LogP contribution in [-0.4, -0.2) is 61.6 Å². The molecule has 2 aromatic carbocycles. The number of rotatable bonds is 6. The van der Waals surface area contributed by atoms with Crippen molar-refractivity contribution in [3.63, 3.8) is 0 Å². The molecule has 33 heavy (non-hydrogen) atoms. The monoisotopic (exact) mass is 483 g/mol. The van der Waals surface area contributed by atoms with Crippen LogP contribution in [0.4, 0.5) is 23.7 Å². The molecular weight excluding hydrogens is 463 g/mol. The molecule has 0 atom stereocenters. The molecular formula is C22H21ClF3N3O4. The van der Waals surface area contributed by atoms with Crippen LogP contribution in [0.2, 0.25) is 5.02 Å². The van der Waals surface area contributed by atoms with Crippen molar-refractivity contribution in [2.24, 2.45) is 0 Å². The molecule has 0 unspecified atom stereocenters. The van der Waals surface area contributed by atoms with E-state index in [4.69, 9.17) is 16.3 Å². The molecule has 1 saturated heterocycles. The third-order valence-electron chi connectivity index (χ3n) is 4.95. The maximum absolute atomic E-state index is 13.2. The second kappa shape index (κ2) is 10.7. The van der Waals surface area contributed by atoms with Crippen molar-refractivity contribution in [2.45, 2.75) is 12.7 Å². The predicted molar refractivity (Wildman–Crippen MR) is 115 cm³/mol. The lowest BCUT2D eigenvalue weighted by atomic mass is 10.1. The van der Waals surface area contributed by atoms with Gasteiger partial charge in [-0.3, -0.25) is 14.5 Å². The lowest BCUT2D eigenvalue weighted by molar-refractivity contribution is -0.173. The van der Waals surface area contributed by atoms with E-state index in [0.29, 0.717) is 37.6 Å². The predicted octanol–water partition coefficient (Wildman–Crippen LogP) is 3.66. The standard InChI is InChI=1S/C22H21ClF3N3O4/c23-18-12-15(19(30)13-27-20(31)22(24,25)26)6-7-16(18)14-29(17-4-2-1-3-5-17)21(32)28-8-10-33-11-9-28/h1-7,12H,8-11,13-14H2,(H,27,31). The number of Topliss-reactive ketones (excluding diaryl/α,β-unsaturated/α-hetero) is 1. The van der Waals surface area contributed by atoms with E-state index in [0.717, 1.165) is 0 Å². The summed E-state index contributed by atoms with van der Waals surface area (Å²) in [7, 11) is 0. The summed E-state index contributed by atoms with van der Waals surface area (Å²) in [4.78, 5) is 39.5. The lowest BCUT2D eigenvalue weighted by Crippen LogP contribution is -2.48. The van der Waals surface area contributed by atoms with Gasteiger partial charge in [-0.15, -0.1) is 0 Å². The zero-order valence-corrected chi connectivity index (χ0v) is 18.2. The van der Waals surface area contributed by atoms with Crippen LogP contribution in [0.15, 0.2) is 48.5 Å². The fraction of sp³-hybridized carbons (Fsp3) is 0.318. The number of amides is 3. The number of benzene rings is 2. The molecule has 0 spiro atoms. The van der Waals surface area contributed by atoms with Crippen LogP contribution in [0.1, 0.15) is 15.9 Å². The second-order valence-electron chi connectivity index (χ2n) is 7.21. The number of ketones is 1. The SMILES string of the molecule is O=C(CNC(=O)C(F)(F)F)c1ccc(CN(C(=O)N2CCOCC2)c2ccccc2)c(Cl)c1. The highest BCUT2D eigenvalue weighted by molar-refractivity contribution is 6.31. The molecule has 1 N–H and O–H groups in total. The number of nitrogens with one attached hydrogen (secondary N) is 1. The highest BCUT2D eigenvalue weighted by atomic mass is 35.5. The third-order valence-corrected chi connectivity index (χ3v) is 5.30. The van der Waals surface area contributed by atoms with Gasteiger partial charge in [-0.05, 0) is 23.8 Å². The van der Waals surface area contributed by atoms with E-state index in [1.165, 1.54) is 23.5 Å². The van der Waals surface area contributed by atoms with E-state index in [-0.39, 0.29) is 23.2 Å². The fourth-order valence-electron chi connectivity index (χ4n) is 3.18. The van der Waals surface area contributed by atoms with Crippen molar-refractivity contribution in [2.75, 3.05) is 37.7 Å². The zero-order chi connectivity index (χ0) is 24.0. The first kappa shape index (κ1) is 24.5. The Balaban J connectivity index is 1.76. The van der Waals surface area contributed by atoms with Gasteiger partial charge in [-0.25, -0.2) is 4.79 Å². The first-order chi connectivity index (χ1) is 15.7. The van der Waals surface area contributed by atoms with Crippen LogP contribution in [-0.2, 0) is 16.1 Å². The number of anilines is 1. The molecule has 0 aliphatic carbocycles. The second-order valence-corrected chi connectivity index (χ2v) is 7.62. The summed E-state index contributed by atoms with van der Waals surface area (Å²) in [5.41, 5.74) is 1.23. The van der Waals surface area contributed by atoms with Crippen LogP contribution in [0.25, 0.3) is 0 Å². The summed E-state index contributed by atoms with van der Waals surface area (Å²) >= 11 is 6.34. The number of nitrogens with zero attached hydrogens (tertiary/aromatic N) is 2. The summed E-state index contributed by atoms with van der Waals surface area (Å²) in [5, 5.41) is 1.70. The van der Waals surface area contributed by atoms with Gasteiger partial charge >= 0.3 is 18.1 Å². The average Bonchev–Trinajstić information content (AvgIpc) is 2.81. The summed E-state index contributed by atoms with van der Waals surface area (Å²) in [6.45, 7) is 1.07. The minimum atomic E-state index is -5.07. The molecule has 1 fully saturated rings. The minimum absolute atomic E-state index is 0.0389. The van der Waals surface area contributed by atoms with Gasteiger partial charge in [0.1, 0.15) is 0 Å². The summed E-state index contributed by atoms with van der Waals surface area (Å²) in [6, 6.07) is 13.0. The Morgan fingerprint density at radius 1 is 1.06 bits per heavy atom. The zero-order valence-electron chi connectivity index (χ0n) is 17.4. The Kier molecular flexibility index (Phi) is 7.93. The largest absolute Gasteiger partial charge is 0.471 e. The number of hydrogen-bond acceptors (Lipinski definition) is 4. The number of alkyl halides is 3. The van der Waals surface area contributed by atoms with Crippen LogP contribution in [0.5, 0.6) is 0 Å². The third kappa shape index (κ3) is 6.45. The van der Waals surface area contributed by atoms with Gasteiger partial charge in [0.2, 0.25) is 0 Å². The molecule has 1 heterocycles. The Morgan fingerprint density at radius 2 is 1.73 bits per heavy atom. The van der Waals surface area contributed by atoms with E-state index in [2.05, 4.69) is 0 Å². The van der Waals surface area contributed by atoms with Crippen molar-refractivity contribution in [1.29, 1.82) is 0 Å². The van der Waals surface area contributed by atoms with E-state index in [1.807, 2.05) is 6.07 Å². The van der Waals surface area contributed by atoms with Crippen LogP contribution in [0.3, 0.4) is 0 Å². The summed E-state index contributed by atoms with van der Waals surface area (Å²) in [6.07, 6.45) is -5.07. The number of ether oxygens (including phenoxy) is 1.